The first-order valence-corrected chi connectivity index (χ1v) is 8.07. The number of rotatable bonds is 3. The number of nitrogens with zero attached hydrogens (tertiary/aromatic N) is 6. The third kappa shape index (κ3) is 1.88. The molecule has 1 N–H and O–H groups in total. The van der Waals surface area contributed by atoms with Crippen LogP contribution < -0.4 is 10.2 Å². The van der Waals surface area contributed by atoms with Crippen molar-refractivity contribution in [3.8, 4) is 5.69 Å². The SMILES string of the molecule is CC[C@@H]1c2nncn2-c2cnc(NC)nc2N1C1CCCC1. The van der Waals surface area contributed by atoms with E-state index < -0.39 is 0 Å². The Bertz CT molecular complexity index is 674. The van der Waals surface area contributed by atoms with Gasteiger partial charge >= 0.3 is 0 Å². The van der Waals surface area contributed by atoms with E-state index in [1.54, 1.807) is 6.33 Å². The Labute approximate surface area is 129 Å². The van der Waals surface area contributed by atoms with Gasteiger partial charge in [0.15, 0.2) is 11.6 Å². The van der Waals surface area contributed by atoms with Gasteiger partial charge in [0.25, 0.3) is 0 Å². The van der Waals surface area contributed by atoms with Crippen molar-refractivity contribution in [1.82, 2.24) is 24.7 Å². The van der Waals surface area contributed by atoms with Gasteiger partial charge < -0.3 is 10.2 Å². The first-order chi connectivity index (χ1) is 10.8. The predicted octanol–water partition coefficient (Wildman–Crippen LogP) is 2.31. The summed E-state index contributed by atoms with van der Waals surface area (Å²) in [7, 11) is 1.85. The van der Waals surface area contributed by atoms with Crippen LogP contribution in [0.15, 0.2) is 12.5 Å². The highest BCUT2D eigenvalue weighted by Crippen LogP contribution is 2.42. The van der Waals surface area contributed by atoms with E-state index >= 15 is 0 Å². The average molecular weight is 299 g/mol. The van der Waals surface area contributed by atoms with Crippen LogP contribution in [0.5, 0.6) is 0 Å². The van der Waals surface area contributed by atoms with Gasteiger partial charge in [-0.15, -0.1) is 10.2 Å². The lowest BCUT2D eigenvalue weighted by molar-refractivity contribution is 0.469. The Morgan fingerprint density at radius 1 is 1.32 bits per heavy atom. The van der Waals surface area contributed by atoms with E-state index in [2.05, 4.69) is 32.3 Å². The molecule has 0 radical (unpaired) electrons. The quantitative estimate of drug-likeness (QED) is 0.937. The van der Waals surface area contributed by atoms with Crippen molar-refractivity contribution in [3.05, 3.63) is 18.3 Å². The summed E-state index contributed by atoms with van der Waals surface area (Å²) in [5.74, 6) is 2.67. The summed E-state index contributed by atoms with van der Waals surface area (Å²) >= 11 is 0. The summed E-state index contributed by atoms with van der Waals surface area (Å²) in [5.41, 5.74) is 0.982. The minimum atomic E-state index is 0.234. The first kappa shape index (κ1) is 13.5. The van der Waals surface area contributed by atoms with Crippen molar-refractivity contribution in [2.24, 2.45) is 0 Å². The van der Waals surface area contributed by atoms with Gasteiger partial charge in [-0.3, -0.25) is 4.57 Å². The van der Waals surface area contributed by atoms with Crippen LogP contribution in [0.25, 0.3) is 5.69 Å². The number of fused-ring (bicyclic) bond motifs is 3. The first-order valence-electron chi connectivity index (χ1n) is 8.07. The second-order valence-corrected chi connectivity index (χ2v) is 5.98. The molecule has 22 heavy (non-hydrogen) atoms. The molecule has 7 heteroatoms. The number of nitrogens with one attached hydrogen (secondary N) is 1. The normalized spacial score (nSPS) is 20.8. The average Bonchev–Trinajstić information content (AvgIpc) is 3.24. The zero-order valence-electron chi connectivity index (χ0n) is 13.0. The molecule has 2 aromatic heterocycles. The smallest absolute Gasteiger partial charge is 0.224 e. The molecule has 1 fully saturated rings. The van der Waals surface area contributed by atoms with E-state index in [4.69, 9.17) is 4.98 Å². The molecule has 2 aliphatic rings. The summed E-state index contributed by atoms with van der Waals surface area (Å²) in [6.07, 6.45) is 9.67. The number of hydrogen-bond donors (Lipinski definition) is 1. The largest absolute Gasteiger partial charge is 0.357 e. The van der Waals surface area contributed by atoms with Gasteiger partial charge in [0.1, 0.15) is 12.0 Å². The van der Waals surface area contributed by atoms with Crippen LogP contribution in [0, 0.1) is 0 Å². The standard InChI is InChI=1S/C15H21N7/c1-3-11-14-20-18-9-21(14)12-8-17-15(16-2)19-13(12)22(11)10-6-4-5-7-10/h8-11H,3-7H2,1-2H3,(H,16,17,19)/t11-/m1/s1. The molecule has 0 aromatic carbocycles. The molecule has 2 aromatic rings. The van der Waals surface area contributed by atoms with Gasteiger partial charge in [0.2, 0.25) is 5.95 Å². The highest BCUT2D eigenvalue weighted by atomic mass is 15.4. The Morgan fingerprint density at radius 2 is 2.14 bits per heavy atom. The van der Waals surface area contributed by atoms with Crippen LogP contribution in [-0.4, -0.2) is 37.8 Å². The van der Waals surface area contributed by atoms with Crippen molar-refractivity contribution in [2.45, 2.75) is 51.1 Å². The molecule has 0 spiro atoms. The fraction of sp³-hybridized carbons (Fsp3) is 0.600. The molecule has 0 unspecified atom stereocenters. The second-order valence-electron chi connectivity index (χ2n) is 5.98. The van der Waals surface area contributed by atoms with E-state index in [-0.39, 0.29) is 6.04 Å². The van der Waals surface area contributed by atoms with Gasteiger partial charge in [0.05, 0.1) is 12.2 Å². The molecule has 0 bridgehead atoms. The maximum Gasteiger partial charge on any atom is 0.224 e. The molecule has 116 valence electrons. The lowest BCUT2D eigenvalue weighted by Gasteiger charge is -2.40. The minimum absolute atomic E-state index is 0.234. The second kappa shape index (κ2) is 5.23. The van der Waals surface area contributed by atoms with Gasteiger partial charge in [-0.2, -0.15) is 4.98 Å². The fourth-order valence-corrected chi connectivity index (χ4v) is 3.76. The van der Waals surface area contributed by atoms with Crippen LogP contribution in [0.4, 0.5) is 11.8 Å². The molecule has 1 aliphatic carbocycles. The van der Waals surface area contributed by atoms with Crippen molar-refractivity contribution >= 4 is 11.8 Å². The van der Waals surface area contributed by atoms with Crippen molar-refractivity contribution in [2.75, 3.05) is 17.3 Å². The third-order valence-corrected chi connectivity index (χ3v) is 4.79. The summed E-state index contributed by atoms with van der Waals surface area (Å²) in [6, 6.07) is 0.770. The van der Waals surface area contributed by atoms with Gasteiger partial charge in [-0.25, -0.2) is 4.98 Å². The van der Waals surface area contributed by atoms with Crippen LogP contribution in [-0.2, 0) is 0 Å². The molecule has 0 saturated heterocycles. The molecule has 1 aliphatic heterocycles. The molecule has 3 heterocycles. The van der Waals surface area contributed by atoms with Gasteiger partial charge in [-0.05, 0) is 19.3 Å². The van der Waals surface area contributed by atoms with Gasteiger partial charge in [0, 0.05) is 13.1 Å². The summed E-state index contributed by atoms with van der Waals surface area (Å²) in [4.78, 5) is 11.6. The topological polar surface area (TPSA) is 71.8 Å². The summed E-state index contributed by atoms with van der Waals surface area (Å²) < 4.78 is 2.04. The third-order valence-electron chi connectivity index (χ3n) is 4.79. The Morgan fingerprint density at radius 3 is 2.86 bits per heavy atom. The van der Waals surface area contributed by atoms with E-state index in [1.807, 2.05) is 17.8 Å². The Kier molecular flexibility index (Phi) is 3.20. The Balaban J connectivity index is 1.90. The highest BCUT2D eigenvalue weighted by Gasteiger charge is 2.38. The molecule has 0 amide bonds. The maximum absolute atomic E-state index is 4.76. The lowest BCUT2D eigenvalue weighted by atomic mass is 10.0. The van der Waals surface area contributed by atoms with Crippen LogP contribution >= 0.6 is 0 Å². The molecule has 1 atom stereocenters. The lowest BCUT2D eigenvalue weighted by Crippen LogP contribution is -2.42. The Hall–Kier alpha value is -2.18. The summed E-state index contributed by atoms with van der Waals surface area (Å²) in [5, 5.41) is 11.5. The zero-order valence-corrected chi connectivity index (χ0v) is 13.0. The zero-order chi connectivity index (χ0) is 15.1. The molecule has 4 rings (SSSR count). The van der Waals surface area contributed by atoms with E-state index in [9.17, 15) is 0 Å². The van der Waals surface area contributed by atoms with Crippen molar-refractivity contribution in [3.63, 3.8) is 0 Å². The molecular formula is C15H21N7. The van der Waals surface area contributed by atoms with Gasteiger partial charge in [-0.1, -0.05) is 19.8 Å². The van der Waals surface area contributed by atoms with Crippen molar-refractivity contribution < 1.29 is 0 Å². The van der Waals surface area contributed by atoms with E-state index in [0.717, 1.165) is 23.8 Å². The highest BCUT2D eigenvalue weighted by molar-refractivity contribution is 5.63. The fourth-order valence-electron chi connectivity index (χ4n) is 3.76. The number of aromatic nitrogens is 5. The molecule has 7 nitrogen and oxygen atoms in total. The summed E-state index contributed by atoms with van der Waals surface area (Å²) in [6.45, 7) is 2.21. The monoisotopic (exact) mass is 299 g/mol. The molecular weight excluding hydrogens is 278 g/mol. The number of anilines is 2. The maximum atomic E-state index is 4.76. The predicted molar refractivity (Wildman–Crippen MR) is 84.3 cm³/mol. The van der Waals surface area contributed by atoms with Crippen molar-refractivity contribution in [1.29, 1.82) is 0 Å². The molecule has 1 saturated carbocycles. The van der Waals surface area contributed by atoms with Crippen LogP contribution in [0.2, 0.25) is 0 Å². The minimum Gasteiger partial charge on any atom is -0.357 e. The van der Waals surface area contributed by atoms with Crippen LogP contribution in [0.3, 0.4) is 0 Å². The number of hydrogen-bond acceptors (Lipinski definition) is 6. The van der Waals surface area contributed by atoms with Crippen LogP contribution in [0.1, 0.15) is 50.9 Å². The van der Waals surface area contributed by atoms with E-state index in [1.165, 1.54) is 25.7 Å². The van der Waals surface area contributed by atoms with E-state index in [0.29, 0.717) is 12.0 Å².